The number of piperazine rings is 1. The van der Waals surface area contributed by atoms with Crippen molar-refractivity contribution in [2.24, 2.45) is 5.92 Å². The molecule has 0 saturated carbocycles. The number of benzene rings is 1. The number of hydrogen-bond donors (Lipinski definition) is 2. The van der Waals surface area contributed by atoms with Gasteiger partial charge in [-0.05, 0) is 36.5 Å². The van der Waals surface area contributed by atoms with Crippen LogP contribution in [0.3, 0.4) is 0 Å². The summed E-state index contributed by atoms with van der Waals surface area (Å²) < 4.78 is 0. The lowest BCUT2D eigenvalue weighted by Crippen LogP contribution is -2.45. The molecule has 1 atom stereocenters. The molecule has 1 aromatic rings. The van der Waals surface area contributed by atoms with Gasteiger partial charge >= 0.3 is 0 Å². The molecular weight excluding hydrogens is 345 g/mol. The van der Waals surface area contributed by atoms with Gasteiger partial charge in [-0.25, -0.2) is 0 Å². The van der Waals surface area contributed by atoms with Crippen molar-refractivity contribution in [1.82, 2.24) is 10.2 Å². The molecule has 0 radical (unpaired) electrons. The molecule has 1 aliphatic heterocycles. The molecule has 1 saturated heterocycles. The fraction of sp³-hybridized carbons (Fsp3) is 0.611. The highest BCUT2D eigenvalue weighted by molar-refractivity contribution is 5.88. The molecule has 2 rings (SSSR count). The largest absolute Gasteiger partial charge is 0.326 e. The molecule has 2 N–H and O–H groups in total. The van der Waals surface area contributed by atoms with Crippen molar-refractivity contribution in [3.8, 4) is 0 Å². The van der Waals surface area contributed by atoms with Crippen LogP contribution in [0.15, 0.2) is 24.3 Å². The maximum atomic E-state index is 11.1. The summed E-state index contributed by atoms with van der Waals surface area (Å²) >= 11 is 0. The fourth-order valence-corrected chi connectivity index (χ4v) is 3.04. The van der Waals surface area contributed by atoms with Crippen LogP contribution in [-0.4, -0.2) is 37.0 Å². The standard InChI is InChI=1S/C18H29N3O.2ClH/c1-14(2)4-9-18(21-12-10-19-11-13-21)16-5-7-17(8-6-16)20-15(3)22;;/h5-8,14,18-19H,4,9-13H2,1-3H3,(H,20,22);2*1H/t18-;;/m1../s1. The Morgan fingerprint density at radius 1 is 1.12 bits per heavy atom. The summed E-state index contributed by atoms with van der Waals surface area (Å²) in [5.74, 6) is 0.704. The third-order valence-electron chi connectivity index (χ3n) is 4.23. The van der Waals surface area contributed by atoms with Crippen LogP contribution in [0.25, 0.3) is 0 Å². The number of carbonyl (C=O) groups is 1. The van der Waals surface area contributed by atoms with E-state index in [0.717, 1.165) is 37.8 Å². The Balaban J connectivity index is 0.00000264. The van der Waals surface area contributed by atoms with E-state index in [9.17, 15) is 4.79 Å². The summed E-state index contributed by atoms with van der Waals surface area (Å²) in [5, 5.41) is 6.27. The monoisotopic (exact) mass is 375 g/mol. The normalized spacial score (nSPS) is 16.0. The van der Waals surface area contributed by atoms with Crippen molar-refractivity contribution in [3.63, 3.8) is 0 Å². The summed E-state index contributed by atoms with van der Waals surface area (Å²) in [7, 11) is 0. The Morgan fingerprint density at radius 3 is 2.21 bits per heavy atom. The predicted molar refractivity (Wildman–Crippen MR) is 106 cm³/mol. The minimum atomic E-state index is -0.0220. The molecule has 0 spiro atoms. The molecule has 0 bridgehead atoms. The van der Waals surface area contributed by atoms with E-state index in [1.807, 2.05) is 12.1 Å². The average Bonchev–Trinajstić information content (AvgIpc) is 2.49. The summed E-state index contributed by atoms with van der Waals surface area (Å²) in [6, 6.07) is 8.84. The summed E-state index contributed by atoms with van der Waals surface area (Å²) in [5.41, 5.74) is 2.23. The third-order valence-corrected chi connectivity index (χ3v) is 4.23. The lowest BCUT2D eigenvalue weighted by molar-refractivity contribution is -0.114. The number of rotatable bonds is 6. The highest BCUT2D eigenvalue weighted by Crippen LogP contribution is 2.28. The Kier molecular flexibility index (Phi) is 11.3. The van der Waals surface area contributed by atoms with Crippen LogP contribution in [-0.2, 0) is 4.79 Å². The van der Waals surface area contributed by atoms with E-state index in [0.29, 0.717) is 6.04 Å². The number of anilines is 1. The van der Waals surface area contributed by atoms with Crippen LogP contribution in [0.4, 0.5) is 5.69 Å². The Bertz CT molecular complexity index is 474. The number of nitrogens with zero attached hydrogens (tertiary/aromatic N) is 1. The van der Waals surface area contributed by atoms with Crippen molar-refractivity contribution in [1.29, 1.82) is 0 Å². The van der Waals surface area contributed by atoms with E-state index in [1.165, 1.54) is 18.4 Å². The van der Waals surface area contributed by atoms with E-state index in [2.05, 4.69) is 41.5 Å². The van der Waals surface area contributed by atoms with Gasteiger partial charge in [-0.2, -0.15) is 0 Å². The first-order valence-electron chi connectivity index (χ1n) is 8.38. The zero-order valence-corrected chi connectivity index (χ0v) is 16.5. The lowest BCUT2D eigenvalue weighted by Gasteiger charge is -2.35. The first kappa shape index (κ1) is 23.2. The summed E-state index contributed by atoms with van der Waals surface area (Å²) in [6.45, 7) is 10.5. The van der Waals surface area contributed by atoms with Crippen molar-refractivity contribution in [2.45, 2.75) is 39.7 Å². The van der Waals surface area contributed by atoms with Crippen LogP contribution in [0.5, 0.6) is 0 Å². The van der Waals surface area contributed by atoms with E-state index in [-0.39, 0.29) is 30.7 Å². The van der Waals surface area contributed by atoms with E-state index in [4.69, 9.17) is 0 Å². The molecule has 1 amide bonds. The molecule has 6 heteroatoms. The molecule has 0 aliphatic carbocycles. The highest BCUT2D eigenvalue weighted by atomic mass is 35.5. The summed E-state index contributed by atoms with van der Waals surface area (Å²) in [4.78, 5) is 13.7. The number of carbonyl (C=O) groups excluding carboxylic acids is 1. The Hall–Kier alpha value is -0.810. The lowest BCUT2D eigenvalue weighted by atomic mass is 9.95. The van der Waals surface area contributed by atoms with Gasteiger partial charge in [0.25, 0.3) is 0 Å². The van der Waals surface area contributed by atoms with Crippen LogP contribution >= 0.6 is 24.8 Å². The second kappa shape index (κ2) is 11.7. The average molecular weight is 376 g/mol. The van der Waals surface area contributed by atoms with Gasteiger partial charge in [-0.1, -0.05) is 26.0 Å². The van der Waals surface area contributed by atoms with Crippen molar-refractivity contribution in [3.05, 3.63) is 29.8 Å². The maximum Gasteiger partial charge on any atom is 0.221 e. The minimum Gasteiger partial charge on any atom is -0.326 e. The van der Waals surface area contributed by atoms with Crippen molar-refractivity contribution < 1.29 is 4.79 Å². The second-order valence-electron chi connectivity index (χ2n) is 6.58. The van der Waals surface area contributed by atoms with Gasteiger partial charge in [0.15, 0.2) is 0 Å². The van der Waals surface area contributed by atoms with E-state index >= 15 is 0 Å². The van der Waals surface area contributed by atoms with Crippen LogP contribution in [0.1, 0.15) is 45.2 Å². The first-order valence-corrected chi connectivity index (χ1v) is 8.38. The van der Waals surface area contributed by atoms with Crippen LogP contribution in [0, 0.1) is 5.92 Å². The molecular formula is C18H31Cl2N3O. The second-order valence-corrected chi connectivity index (χ2v) is 6.58. The van der Waals surface area contributed by atoms with E-state index in [1.54, 1.807) is 6.92 Å². The molecule has 1 fully saturated rings. The molecule has 138 valence electrons. The van der Waals surface area contributed by atoms with Gasteiger partial charge < -0.3 is 10.6 Å². The predicted octanol–water partition coefficient (Wildman–Crippen LogP) is 3.87. The summed E-state index contributed by atoms with van der Waals surface area (Å²) in [6.07, 6.45) is 2.43. The van der Waals surface area contributed by atoms with Gasteiger partial charge in [-0.15, -0.1) is 24.8 Å². The molecule has 1 aromatic carbocycles. The molecule has 0 aromatic heterocycles. The fourth-order valence-electron chi connectivity index (χ4n) is 3.04. The van der Waals surface area contributed by atoms with Gasteiger partial charge in [0.2, 0.25) is 5.91 Å². The SMILES string of the molecule is CC(=O)Nc1ccc([C@@H](CCC(C)C)N2CCNCC2)cc1.Cl.Cl. The maximum absolute atomic E-state index is 11.1. The zero-order valence-electron chi connectivity index (χ0n) is 14.9. The van der Waals surface area contributed by atoms with Gasteiger partial charge in [0, 0.05) is 44.8 Å². The van der Waals surface area contributed by atoms with Crippen molar-refractivity contribution in [2.75, 3.05) is 31.5 Å². The molecule has 0 unspecified atom stereocenters. The number of halogens is 2. The third kappa shape index (κ3) is 7.39. The van der Waals surface area contributed by atoms with Gasteiger partial charge in [0.05, 0.1) is 0 Å². The van der Waals surface area contributed by atoms with Crippen molar-refractivity contribution >= 4 is 36.4 Å². The molecule has 24 heavy (non-hydrogen) atoms. The Labute approximate surface area is 158 Å². The minimum absolute atomic E-state index is 0. The van der Waals surface area contributed by atoms with Crippen LogP contribution in [0.2, 0.25) is 0 Å². The van der Waals surface area contributed by atoms with Gasteiger partial charge in [0.1, 0.15) is 0 Å². The smallest absolute Gasteiger partial charge is 0.221 e. The molecule has 4 nitrogen and oxygen atoms in total. The zero-order chi connectivity index (χ0) is 15.9. The highest BCUT2D eigenvalue weighted by Gasteiger charge is 2.22. The topological polar surface area (TPSA) is 44.4 Å². The first-order chi connectivity index (χ1) is 10.6. The molecule has 1 aliphatic rings. The number of hydrogen-bond acceptors (Lipinski definition) is 3. The Morgan fingerprint density at radius 2 is 1.71 bits per heavy atom. The number of nitrogens with one attached hydrogen (secondary N) is 2. The van der Waals surface area contributed by atoms with Gasteiger partial charge in [-0.3, -0.25) is 9.69 Å². The molecule has 1 heterocycles. The van der Waals surface area contributed by atoms with Crippen LogP contribution < -0.4 is 10.6 Å². The quantitative estimate of drug-likeness (QED) is 0.792. The van der Waals surface area contributed by atoms with E-state index < -0.39 is 0 Å². The number of amides is 1.